The lowest BCUT2D eigenvalue weighted by atomic mass is 9.94. The molecule has 3 aromatic rings. The number of hydrogen-bond donors (Lipinski definition) is 0. The van der Waals surface area contributed by atoms with Crippen LogP contribution in [-0.4, -0.2) is 6.79 Å². The third-order valence-corrected chi connectivity index (χ3v) is 4.09. The van der Waals surface area contributed by atoms with E-state index < -0.39 is 0 Å². The highest BCUT2D eigenvalue weighted by molar-refractivity contribution is 5.68. The summed E-state index contributed by atoms with van der Waals surface area (Å²) in [6.45, 7) is 0.208. The molecule has 120 valence electrons. The summed E-state index contributed by atoms with van der Waals surface area (Å²) in [7, 11) is 0. The highest BCUT2D eigenvalue weighted by Crippen LogP contribution is 2.34. The van der Waals surface area contributed by atoms with Crippen LogP contribution in [0.3, 0.4) is 0 Å². The SMILES string of the molecule is Fc1ccc(-c2cccc(F)c2Cc2ccc3c(c2)OCO3)cc1. The molecule has 24 heavy (non-hydrogen) atoms. The van der Waals surface area contributed by atoms with Crippen molar-refractivity contribution < 1.29 is 18.3 Å². The zero-order valence-corrected chi connectivity index (χ0v) is 12.8. The zero-order chi connectivity index (χ0) is 16.5. The average molecular weight is 324 g/mol. The van der Waals surface area contributed by atoms with Gasteiger partial charge in [0.2, 0.25) is 6.79 Å². The molecule has 1 aliphatic heterocycles. The first-order chi connectivity index (χ1) is 11.7. The van der Waals surface area contributed by atoms with Gasteiger partial charge in [-0.15, -0.1) is 0 Å². The van der Waals surface area contributed by atoms with Crippen molar-refractivity contribution in [1.29, 1.82) is 0 Å². The Morgan fingerprint density at radius 2 is 1.62 bits per heavy atom. The van der Waals surface area contributed by atoms with Crippen LogP contribution in [0.25, 0.3) is 11.1 Å². The fourth-order valence-corrected chi connectivity index (χ4v) is 2.89. The molecular weight excluding hydrogens is 310 g/mol. The lowest BCUT2D eigenvalue weighted by Gasteiger charge is -2.12. The van der Waals surface area contributed by atoms with Gasteiger partial charge in [0, 0.05) is 12.0 Å². The lowest BCUT2D eigenvalue weighted by Crippen LogP contribution is -1.97. The van der Waals surface area contributed by atoms with E-state index in [4.69, 9.17) is 9.47 Å². The van der Waals surface area contributed by atoms with Crippen LogP contribution in [0.1, 0.15) is 11.1 Å². The molecule has 4 heteroatoms. The fourth-order valence-electron chi connectivity index (χ4n) is 2.89. The van der Waals surface area contributed by atoms with Gasteiger partial charge in [-0.25, -0.2) is 8.78 Å². The molecule has 0 saturated carbocycles. The smallest absolute Gasteiger partial charge is 0.231 e. The topological polar surface area (TPSA) is 18.5 Å². The van der Waals surface area contributed by atoms with Crippen molar-refractivity contribution in [3.8, 4) is 22.6 Å². The molecule has 1 heterocycles. The van der Waals surface area contributed by atoms with E-state index in [0.29, 0.717) is 23.5 Å². The van der Waals surface area contributed by atoms with Crippen molar-refractivity contribution in [3.05, 3.63) is 83.4 Å². The van der Waals surface area contributed by atoms with Gasteiger partial charge in [0.25, 0.3) is 0 Å². The largest absolute Gasteiger partial charge is 0.454 e. The molecule has 0 bridgehead atoms. The molecule has 0 fully saturated rings. The van der Waals surface area contributed by atoms with E-state index in [1.165, 1.54) is 18.2 Å². The first-order valence-electron chi connectivity index (χ1n) is 7.62. The number of benzene rings is 3. The van der Waals surface area contributed by atoms with Gasteiger partial charge in [-0.1, -0.05) is 30.3 Å². The number of halogens is 2. The molecule has 0 aliphatic carbocycles. The van der Waals surface area contributed by atoms with E-state index in [2.05, 4.69) is 0 Å². The van der Waals surface area contributed by atoms with Gasteiger partial charge >= 0.3 is 0 Å². The molecule has 0 atom stereocenters. The van der Waals surface area contributed by atoms with Crippen molar-refractivity contribution in [2.24, 2.45) is 0 Å². The van der Waals surface area contributed by atoms with Crippen LogP contribution in [0, 0.1) is 11.6 Å². The summed E-state index contributed by atoms with van der Waals surface area (Å²) < 4.78 is 38.3. The Morgan fingerprint density at radius 1 is 0.833 bits per heavy atom. The van der Waals surface area contributed by atoms with Gasteiger partial charge in [-0.3, -0.25) is 0 Å². The predicted molar refractivity (Wildman–Crippen MR) is 87.2 cm³/mol. The first-order valence-corrected chi connectivity index (χ1v) is 7.62. The van der Waals surface area contributed by atoms with Crippen molar-refractivity contribution in [3.63, 3.8) is 0 Å². The summed E-state index contributed by atoms with van der Waals surface area (Å²) in [6, 6.07) is 16.6. The van der Waals surface area contributed by atoms with Crippen LogP contribution in [0.5, 0.6) is 11.5 Å². The molecule has 0 aromatic heterocycles. The van der Waals surface area contributed by atoms with E-state index >= 15 is 0 Å². The molecule has 0 amide bonds. The predicted octanol–water partition coefficient (Wildman–Crippen LogP) is 4.95. The average Bonchev–Trinajstić information content (AvgIpc) is 3.05. The van der Waals surface area contributed by atoms with Gasteiger partial charge in [-0.2, -0.15) is 0 Å². The van der Waals surface area contributed by atoms with Crippen molar-refractivity contribution in [2.45, 2.75) is 6.42 Å². The van der Waals surface area contributed by atoms with Crippen LogP contribution in [-0.2, 0) is 6.42 Å². The molecule has 1 aliphatic rings. The van der Waals surface area contributed by atoms with Gasteiger partial charge in [0.05, 0.1) is 0 Å². The lowest BCUT2D eigenvalue weighted by molar-refractivity contribution is 0.174. The normalized spacial score (nSPS) is 12.4. The molecule has 0 N–H and O–H groups in total. The summed E-state index contributed by atoms with van der Waals surface area (Å²) in [5.74, 6) is 0.778. The molecule has 3 aromatic carbocycles. The third-order valence-electron chi connectivity index (χ3n) is 4.09. The monoisotopic (exact) mass is 324 g/mol. The van der Waals surface area contributed by atoms with E-state index in [1.54, 1.807) is 18.2 Å². The Morgan fingerprint density at radius 3 is 2.46 bits per heavy atom. The van der Waals surface area contributed by atoms with Crippen LogP contribution in [0.2, 0.25) is 0 Å². The molecule has 0 spiro atoms. The molecule has 0 radical (unpaired) electrons. The minimum Gasteiger partial charge on any atom is -0.454 e. The quantitative estimate of drug-likeness (QED) is 0.678. The van der Waals surface area contributed by atoms with E-state index in [0.717, 1.165) is 16.7 Å². The minimum atomic E-state index is -0.313. The van der Waals surface area contributed by atoms with Crippen LogP contribution >= 0.6 is 0 Å². The van der Waals surface area contributed by atoms with Crippen molar-refractivity contribution in [2.75, 3.05) is 6.79 Å². The van der Waals surface area contributed by atoms with Crippen LogP contribution < -0.4 is 9.47 Å². The van der Waals surface area contributed by atoms with E-state index in [-0.39, 0.29) is 18.4 Å². The number of fused-ring (bicyclic) bond motifs is 1. The second-order valence-corrected chi connectivity index (χ2v) is 5.64. The Hall–Kier alpha value is -2.88. The fraction of sp³-hybridized carbons (Fsp3) is 0.100. The van der Waals surface area contributed by atoms with Crippen LogP contribution in [0.4, 0.5) is 8.78 Å². The van der Waals surface area contributed by atoms with Gasteiger partial charge in [-0.05, 0) is 47.0 Å². The van der Waals surface area contributed by atoms with Crippen LogP contribution in [0.15, 0.2) is 60.7 Å². The molecular formula is C20H14F2O2. The Labute approximate surface area is 138 Å². The van der Waals surface area contributed by atoms with Gasteiger partial charge < -0.3 is 9.47 Å². The number of rotatable bonds is 3. The Bertz CT molecular complexity index is 889. The highest BCUT2D eigenvalue weighted by atomic mass is 19.1. The van der Waals surface area contributed by atoms with Gasteiger partial charge in [0.15, 0.2) is 11.5 Å². The maximum atomic E-state index is 14.4. The number of hydrogen-bond acceptors (Lipinski definition) is 2. The maximum absolute atomic E-state index is 14.4. The summed E-state index contributed by atoms with van der Waals surface area (Å²) in [6.07, 6.45) is 0.413. The second kappa shape index (κ2) is 5.96. The number of ether oxygens (including phenoxy) is 2. The first kappa shape index (κ1) is 14.7. The maximum Gasteiger partial charge on any atom is 0.231 e. The standard InChI is InChI=1S/C20H14F2O2/c21-15-7-5-14(6-8-15)16-2-1-3-18(22)17(16)10-13-4-9-19-20(11-13)24-12-23-19/h1-9,11H,10,12H2. The Balaban J connectivity index is 1.73. The Kier molecular flexibility index (Phi) is 3.65. The summed E-state index contributed by atoms with van der Waals surface area (Å²) in [4.78, 5) is 0. The molecule has 2 nitrogen and oxygen atoms in total. The molecule has 4 rings (SSSR count). The molecule has 0 unspecified atom stereocenters. The zero-order valence-electron chi connectivity index (χ0n) is 12.8. The molecule has 0 saturated heterocycles. The van der Waals surface area contributed by atoms with Crippen molar-refractivity contribution >= 4 is 0 Å². The van der Waals surface area contributed by atoms with E-state index in [1.807, 2.05) is 24.3 Å². The van der Waals surface area contributed by atoms with Gasteiger partial charge in [0.1, 0.15) is 11.6 Å². The third kappa shape index (κ3) is 2.71. The summed E-state index contributed by atoms with van der Waals surface area (Å²) >= 11 is 0. The van der Waals surface area contributed by atoms with E-state index in [9.17, 15) is 8.78 Å². The summed E-state index contributed by atoms with van der Waals surface area (Å²) in [5.41, 5.74) is 3.04. The second-order valence-electron chi connectivity index (χ2n) is 5.64. The minimum absolute atomic E-state index is 0.208. The summed E-state index contributed by atoms with van der Waals surface area (Å²) in [5, 5.41) is 0. The highest BCUT2D eigenvalue weighted by Gasteiger charge is 2.16. The van der Waals surface area contributed by atoms with Crippen molar-refractivity contribution in [1.82, 2.24) is 0 Å².